The molecule has 1 aromatic rings. The van der Waals surface area contributed by atoms with Crippen molar-refractivity contribution in [2.75, 3.05) is 14.1 Å². The summed E-state index contributed by atoms with van der Waals surface area (Å²) in [4.78, 5) is 42.6. The summed E-state index contributed by atoms with van der Waals surface area (Å²) in [6.45, 7) is 6.35. The first-order valence-electron chi connectivity index (χ1n) is 12.5. The van der Waals surface area contributed by atoms with E-state index >= 15 is 4.39 Å². The number of phenolic OH excluding ortho intramolecular Hbond substituents is 1. The summed E-state index contributed by atoms with van der Waals surface area (Å²) in [5.41, 5.74) is 1.46. The lowest BCUT2D eigenvalue weighted by atomic mass is 9.58. The van der Waals surface area contributed by atoms with Gasteiger partial charge in [0.05, 0.1) is 11.6 Å². The third-order valence-electron chi connectivity index (χ3n) is 8.68. The van der Waals surface area contributed by atoms with Gasteiger partial charge in [-0.05, 0) is 53.6 Å². The fourth-order valence-electron chi connectivity index (χ4n) is 6.69. The predicted molar refractivity (Wildman–Crippen MR) is 133 cm³/mol. The van der Waals surface area contributed by atoms with E-state index in [1.807, 2.05) is 25.7 Å². The van der Waals surface area contributed by atoms with E-state index in [-0.39, 0.29) is 53.9 Å². The number of allylic oxidation sites excluding steroid dienone is 1. The second kappa shape index (κ2) is 8.11. The standard InChI is InChI=1S/C27H32FN3O7/c1-26(2,3)31-8-12-13(9-31)20(32)16-11(18(12)28)6-10-7-14-19(30(4)5)22(34)17(25(29)37)24(36)27(14,38)23(35)15(10)21(16)33/h10,14,19,32,34-35,38H,6-9H2,1-5H3,(H2,29,37)/t10-,14?,19-,27-/m0/s1. The third kappa shape index (κ3) is 3.25. The number of amides is 1. The summed E-state index contributed by atoms with van der Waals surface area (Å²) in [5, 5.41) is 45.0. The SMILES string of the molecule is CN(C)[C@@H]1C(O)=C(C(N)=O)C(=O)[C@@]2(O)C(O)=C3C(=O)c4c(O)c5c(c(F)c4C[C@H]3CC12)CN(C(C)(C)C)C5. The molecule has 4 atom stereocenters. The average molecular weight is 530 g/mol. The minimum absolute atomic E-state index is 0.0233. The van der Waals surface area contributed by atoms with Crippen molar-refractivity contribution in [2.45, 2.75) is 63.9 Å². The molecule has 11 heteroatoms. The van der Waals surface area contributed by atoms with Gasteiger partial charge in [0.15, 0.2) is 11.4 Å². The second-order valence-electron chi connectivity index (χ2n) is 12.0. The number of likely N-dealkylation sites (N-methyl/N-ethyl adjacent to an activating group) is 1. The number of nitrogens with zero attached hydrogens (tertiary/aromatic N) is 2. The van der Waals surface area contributed by atoms with Crippen molar-refractivity contribution in [3.05, 3.63) is 50.7 Å². The van der Waals surface area contributed by atoms with Crippen LogP contribution >= 0.6 is 0 Å². The van der Waals surface area contributed by atoms with Gasteiger partial charge in [-0.25, -0.2) is 4.39 Å². The molecule has 0 bridgehead atoms. The number of hydrogen-bond donors (Lipinski definition) is 5. The zero-order valence-corrected chi connectivity index (χ0v) is 21.9. The highest BCUT2D eigenvalue weighted by Crippen LogP contribution is 2.53. The minimum atomic E-state index is -2.72. The molecule has 0 radical (unpaired) electrons. The number of rotatable bonds is 2. The molecular formula is C27H32FN3O7. The molecule has 1 aromatic carbocycles. The maximum Gasteiger partial charge on any atom is 0.255 e. The molecule has 1 aliphatic heterocycles. The Hall–Kier alpha value is -3.28. The van der Waals surface area contributed by atoms with E-state index in [1.165, 1.54) is 4.90 Å². The Morgan fingerprint density at radius 1 is 1.11 bits per heavy atom. The maximum absolute atomic E-state index is 15.9. The molecule has 4 aliphatic rings. The van der Waals surface area contributed by atoms with Crippen molar-refractivity contribution in [3.63, 3.8) is 0 Å². The van der Waals surface area contributed by atoms with Gasteiger partial charge < -0.3 is 26.2 Å². The number of fused-ring (bicyclic) bond motifs is 4. The van der Waals surface area contributed by atoms with Crippen LogP contribution in [-0.4, -0.2) is 79.0 Å². The molecular weight excluding hydrogens is 497 g/mol. The van der Waals surface area contributed by atoms with E-state index in [9.17, 15) is 34.8 Å². The Bertz CT molecular complexity index is 1390. The van der Waals surface area contributed by atoms with Crippen LogP contribution in [0.1, 0.15) is 54.2 Å². The maximum atomic E-state index is 15.9. The zero-order chi connectivity index (χ0) is 28.2. The molecule has 0 fully saturated rings. The molecule has 0 saturated heterocycles. The van der Waals surface area contributed by atoms with E-state index in [1.54, 1.807) is 14.1 Å². The summed E-state index contributed by atoms with van der Waals surface area (Å²) in [6.07, 6.45) is -0.159. The largest absolute Gasteiger partial charge is 0.510 e. The Balaban J connectivity index is 1.70. The van der Waals surface area contributed by atoms with Crippen molar-refractivity contribution < 1.29 is 39.2 Å². The molecule has 1 heterocycles. The highest BCUT2D eigenvalue weighted by molar-refractivity contribution is 6.24. The molecule has 5 rings (SSSR count). The molecule has 204 valence electrons. The Kier molecular flexibility index (Phi) is 5.62. The van der Waals surface area contributed by atoms with Crippen LogP contribution in [0.4, 0.5) is 4.39 Å². The normalized spacial score (nSPS) is 29.4. The predicted octanol–water partition coefficient (Wildman–Crippen LogP) is 1.37. The first-order chi connectivity index (χ1) is 17.5. The number of carbonyl (C=O) groups is 3. The van der Waals surface area contributed by atoms with Gasteiger partial charge in [-0.1, -0.05) is 0 Å². The lowest BCUT2D eigenvalue weighted by molar-refractivity contribution is -0.148. The smallest absolute Gasteiger partial charge is 0.255 e. The molecule has 1 unspecified atom stereocenters. The lowest BCUT2D eigenvalue weighted by Gasteiger charge is -2.50. The van der Waals surface area contributed by atoms with Crippen molar-refractivity contribution in [2.24, 2.45) is 17.6 Å². The lowest BCUT2D eigenvalue weighted by Crippen LogP contribution is -2.63. The van der Waals surface area contributed by atoms with Crippen molar-refractivity contribution >= 4 is 17.5 Å². The molecule has 0 aromatic heterocycles. The van der Waals surface area contributed by atoms with E-state index < -0.39 is 63.9 Å². The number of benzene rings is 1. The second-order valence-corrected chi connectivity index (χ2v) is 12.0. The van der Waals surface area contributed by atoms with Gasteiger partial charge in [0.25, 0.3) is 5.91 Å². The quantitative estimate of drug-likeness (QED) is 0.356. The molecule has 6 N–H and O–H groups in total. The number of primary amides is 1. The van der Waals surface area contributed by atoms with E-state index in [4.69, 9.17) is 5.73 Å². The fraction of sp³-hybridized carbons (Fsp3) is 0.519. The monoisotopic (exact) mass is 529 g/mol. The van der Waals surface area contributed by atoms with E-state index in [0.29, 0.717) is 11.1 Å². The van der Waals surface area contributed by atoms with Crippen LogP contribution in [0.5, 0.6) is 5.75 Å². The summed E-state index contributed by atoms with van der Waals surface area (Å²) < 4.78 is 15.9. The first-order valence-corrected chi connectivity index (χ1v) is 12.5. The summed E-state index contributed by atoms with van der Waals surface area (Å²) >= 11 is 0. The Labute approximate surface area is 218 Å². The number of nitrogens with two attached hydrogens (primary N) is 1. The van der Waals surface area contributed by atoms with E-state index in [0.717, 1.165) is 0 Å². The van der Waals surface area contributed by atoms with Gasteiger partial charge in [0.1, 0.15) is 28.7 Å². The number of phenols is 1. The van der Waals surface area contributed by atoms with Gasteiger partial charge in [-0.2, -0.15) is 0 Å². The number of aromatic hydroxyl groups is 1. The molecule has 1 amide bonds. The fourth-order valence-corrected chi connectivity index (χ4v) is 6.69. The zero-order valence-electron chi connectivity index (χ0n) is 21.9. The molecule has 3 aliphatic carbocycles. The number of hydrogen-bond acceptors (Lipinski definition) is 9. The van der Waals surface area contributed by atoms with Gasteiger partial charge >= 0.3 is 0 Å². The van der Waals surface area contributed by atoms with Crippen molar-refractivity contribution in [1.29, 1.82) is 0 Å². The highest BCUT2D eigenvalue weighted by atomic mass is 19.1. The Morgan fingerprint density at radius 3 is 2.26 bits per heavy atom. The number of halogens is 1. The van der Waals surface area contributed by atoms with Crippen LogP contribution in [0.2, 0.25) is 0 Å². The number of carbonyl (C=O) groups excluding carboxylic acids is 3. The van der Waals surface area contributed by atoms with Crippen molar-refractivity contribution in [1.82, 2.24) is 9.80 Å². The van der Waals surface area contributed by atoms with Crippen molar-refractivity contribution in [3.8, 4) is 5.75 Å². The topological polar surface area (TPSA) is 165 Å². The molecule has 10 nitrogen and oxygen atoms in total. The van der Waals surface area contributed by atoms with Gasteiger partial charge in [-0.15, -0.1) is 0 Å². The Morgan fingerprint density at radius 2 is 1.71 bits per heavy atom. The van der Waals surface area contributed by atoms with Gasteiger partial charge in [0, 0.05) is 46.8 Å². The van der Waals surface area contributed by atoms with Gasteiger partial charge in [-0.3, -0.25) is 24.2 Å². The van der Waals surface area contributed by atoms with E-state index in [2.05, 4.69) is 0 Å². The van der Waals surface area contributed by atoms with Crippen LogP contribution in [0, 0.1) is 17.7 Å². The van der Waals surface area contributed by atoms with Crippen LogP contribution in [0.15, 0.2) is 22.7 Å². The van der Waals surface area contributed by atoms with Crippen LogP contribution in [0.25, 0.3) is 0 Å². The first kappa shape index (κ1) is 26.3. The molecule has 38 heavy (non-hydrogen) atoms. The summed E-state index contributed by atoms with van der Waals surface area (Å²) in [6, 6.07) is -1.10. The number of aliphatic hydroxyl groups is 3. The highest BCUT2D eigenvalue weighted by Gasteiger charge is 2.63. The minimum Gasteiger partial charge on any atom is -0.510 e. The number of Topliss-reactive ketones (excluding diaryl/α,β-unsaturated/α-hetero) is 2. The van der Waals surface area contributed by atoms with Crippen LogP contribution in [-0.2, 0) is 29.1 Å². The summed E-state index contributed by atoms with van der Waals surface area (Å²) in [5.74, 6) is -8.03. The molecule has 0 spiro atoms. The number of aliphatic hydroxyl groups excluding tert-OH is 2. The van der Waals surface area contributed by atoms with Gasteiger partial charge in [0.2, 0.25) is 5.78 Å². The number of ketones is 2. The molecule has 0 saturated carbocycles. The van der Waals surface area contributed by atoms with Crippen LogP contribution in [0.3, 0.4) is 0 Å². The third-order valence-corrected chi connectivity index (χ3v) is 8.68. The summed E-state index contributed by atoms with van der Waals surface area (Å²) in [7, 11) is 3.10. The average Bonchev–Trinajstić information content (AvgIpc) is 3.26. The van der Waals surface area contributed by atoms with Crippen LogP contribution < -0.4 is 5.73 Å².